The molecule has 0 aromatic carbocycles. The van der Waals surface area contributed by atoms with E-state index in [1.807, 2.05) is 0 Å². The first-order valence-electron chi connectivity index (χ1n) is 8.27. The van der Waals surface area contributed by atoms with E-state index in [-0.39, 0.29) is 15.4 Å². The maximum atomic E-state index is 5.41. The van der Waals surface area contributed by atoms with Gasteiger partial charge in [0.2, 0.25) is 0 Å². The van der Waals surface area contributed by atoms with E-state index in [4.69, 9.17) is 9.47 Å². The van der Waals surface area contributed by atoms with Gasteiger partial charge in [0, 0.05) is 14.2 Å². The largest absolute Gasteiger partial charge is 0.360 e. The van der Waals surface area contributed by atoms with Crippen LogP contribution in [0.5, 0.6) is 0 Å². The van der Waals surface area contributed by atoms with Crippen LogP contribution < -0.4 is 0 Å². The molecule has 0 aliphatic carbocycles. The SMILES string of the molecule is CCCCCCCCCCC([SiH2]C(OC)OC)[S+](C)C. The first-order chi connectivity index (χ1) is 9.65. The predicted octanol–water partition coefficient (Wildman–Crippen LogP) is 3.47. The standard InChI is InChI=1S/C16H37O2SSi/c1-6-7-8-9-10-11-12-13-14-15(19(4)5)20-16(17-2)18-3/h15-16H,6-14,20H2,1-5H3/q+1. The number of hydrogen-bond acceptors (Lipinski definition) is 2. The van der Waals surface area contributed by atoms with E-state index < -0.39 is 0 Å². The summed E-state index contributed by atoms with van der Waals surface area (Å²) in [4.78, 5) is 0.889. The zero-order chi connectivity index (χ0) is 15.2. The molecule has 1 unspecified atom stereocenters. The molecule has 20 heavy (non-hydrogen) atoms. The molecule has 0 saturated carbocycles. The molecule has 0 rings (SSSR count). The number of rotatable bonds is 14. The molecular weight excluding hydrogens is 284 g/mol. The van der Waals surface area contributed by atoms with Crippen LogP contribution in [0.4, 0.5) is 0 Å². The Morgan fingerprint density at radius 1 is 0.850 bits per heavy atom. The monoisotopic (exact) mass is 321 g/mol. The number of hydrogen-bond donors (Lipinski definition) is 0. The highest BCUT2D eigenvalue weighted by molar-refractivity contribution is 7.97. The van der Waals surface area contributed by atoms with E-state index in [2.05, 4.69) is 19.4 Å². The lowest BCUT2D eigenvalue weighted by Crippen LogP contribution is -2.36. The maximum absolute atomic E-state index is 5.41. The molecule has 2 nitrogen and oxygen atoms in total. The molecular formula is C16H37O2SSi+. The van der Waals surface area contributed by atoms with Crippen LogP contribution >= 0.6 is 0 Å². The minimum atomic E-state index is -0.291. The molecule has 0 amide bonds. The zero-order valence-corrected chi connectivity index (χ0v) is 16.7. The van der Waals surface area contributed by atoms with Crippen LogP contribution in [0, 0.1) is 0 Å². The smallest absolute Gasteiger partial charge is 0.152 e. The molecule has 0 aromatic heterocycles. The lowest BCUT2D eigenvalue weighted by atomic mass is 10.1. The average Bonchev–Trinajstić information content (AvgIpc) is 2.44. The maximum Gasteiger partial charge on any atom is 0.152 e. The van der Waals surface area contributed by atoms with Crippen LogP contribution in [0.2, 0.25) is 0 Å². The molecule has 0 aliphatic rings. The summed E-state index contributed by atoms with van der Waals surface area (Å²) in [7, 11) is 3.77. The number of unbranched alkanes of at least 4 members (excludes halogenated alkanes) is 7. The summed E-state index contributed by atoms with van der Waals surface area (Å²) >= 11 is 0. The summed E-state index contributed by atoms with van der Waals surface area (Å²) in [5, 5.41) is 0. The molecule has 0 heterocycles. The Morgan fingerprint density at radius 2 is 1.35 bits per heavy atom. The highest BCUT2D eigenvalue weighted by Gasteiger charge is 2.26. The van der Waals surface area contributed by atoms with E-state index in [1.165, 1.54) is 57.8 Å². The second-order valence-corrected chi connectivity index (χ2v) is 11.0. The van der Waals surface area contributed by atoms with Crippen LogP contribution in [-0.4, -0.2) is 47.0 Å². The fraction of sp³-hybridized carbons (Fsp3) is 1.00. The second kappa shape index (κ2) is 14.4. The highest BCUT2D eigenvalue weighted by atomic mass is 32.2. The van der Waals surface area contributed by atoms with Gasteiger partial charge >= 0.3 is 0 Å². The molecule has 0 saturated heterocycles. The third-order valence-corrected chi connectivity index (χ3v) is 10.2. The van der Waals surface area contributed by atoms with Crippen LogP contribution in [-0.2, 0) is 20.4 Å². The normalized spacial score (nSPS) is 13.9. The van der Waals surface area contributed by atoms with E-state index in [0.717, 1.165) is 4.87 Å². The Balaban J connectivity index is 3.65. The van der Waals surface area contributed by atoms with Crippen molar-refractivity contribution in [3.63, 3.8) is 0 Å². The minimum Gasteiger partial charge on any atom is -0.360 e. The third-order valence-electron chi connectivity index (χ3n) is 4.03. The van der Waals surface area contributed by atoms with Crippen molar-refractivity contribution in [2.75, 3.05) is 26.7 Å². The Hall–Kier alpha value is 0.487. The van der Waals surface area contributed by atoms with Gasteiger partial charge in [-0.2, -0.15) is 0 Å². The minimum absolute atomic E-state index is 0.115. The molecule has 1 atom stereocenters. The van der Waals surface area contributed by atoms with Gasteiger partial charge in [-0.05, 0) is 23.7 Å². The summed E-state index contributed by atoms with van der Waals surface area (Å²) in [6.45, 7) is 2.28. The molecule has 0 radical (unpaired) electrons. The highest BCUT2D eigenvalue weighted by Crippen LogP contribution is 2.14. The van der Waals surface area contributed by atoms with Crippen LogP contribution in [0.15, 0.2) is 0 Å². The van der Waals surface area contributed by atoms with Gasteiger partial charge in [0.05, 0.1) is 12.5 Å². The Bertz CT molecular complexity index is 199. The molecule has 4 heteroatoms. The summed E-state index contributed by atoms with van der Waals surface area (Å²) in [5.74, 6) is 0.115. The number of methoxy groups -OCH3 is 2. The van der Waals surface area contributed by atoms with Gasteiger partial charge in [0.1, 0.15) is 10.8 Å². The molecule has 0 spiro atoms. The van der Waals surface area contributed by atoms with E-state index >= 15 is 0 Å². The fourth-order valence-electron chi connectivity index (χ4n) is 2.56. The molecule has 0 fully saturated rings. The van der Waals surface area contributed by atoms with E-state index in [1.54, 1.807) is 14.2 Å². The Morgan fingerprint density at radius 3 is 1.80 bits per heavy atom. The van der Waals surface area contributed by atoms with Gasteiger partial charge in [0.25, 0.3) is 0 Å². The number of ether oxygens (including phenoxy) is 2. The van der Waals surface area contributed by atoms with Crippen molar-refractivity contribution in [3.05, 3.63) is 0 Å². The Labute approximate surface area is 132 Å². The van der Waals surface area contributed by atoms with Crippen molar-refractivity contribution in [2.45, 2.75) is 75.5 Å². The summed E-state index contributed by atoms with van der Waals surface area (Å²) in [6.07, 6.45) is 17.5. The van der Waals surface area contributed by atoms with Crippen molar-refractivity contribution in [3.8, 4) is 0 Å². The van der Waals surface area contributed by atoms with Gasteiger partial charge in [0.15, 0.2) is 9.52 Å². The van der Waals surface area contributed by atoms with Gasteiger partial charge < -0.3 is 9.47 Å². The summed E-state index contributed by atoms with van der Waals surface area (Å²) < 4.78 is 10.8. The van der Waals surface area contributed by atoms with Crippen molar-refractivity contribution in [1.29, 1.82) is 0 Å². The third kappa shape index (κ3) is 11.2. The van der Waals surface area contributed by atoms with Gasteiger partial charge in [-0.25, -0.2) is 0 Å². The average molecular weight is 322 g/mol. The van der Waals surface area contributed by atoms with Crippen molar-refractivity contribution < 1.29 is 9.47 Å². The predicted molar refractivity (Wildman–Crippen MR) is 96.6 cm³/mol. The quantitative estimate of drug-likeness (QED) is 0.211. The van der Waals surface area contributed by atoms with Crippen LogP contribution in [0.3, 0.4) is 0 Å². The first-order valence-corrected chi connectivity index (χ1v) is 12.0. The first kappa shape index (κ1) is 20.5. The van der Waals surface area contributed by atoms with Crippen LogP contribution in [0.1, 0.15) is 64.7 Å². The van der Waals surface area contributed by atoms with Gasteiger partial charge in [-0.15, -0.1) is 0 Å². The molecule has 0 aromatic rings. The lowest BCUT2D eigenvalue weighted by molar-refractivity contribution is -0.0443. The summed E-state index contributed by atoms with van der Waals surface area (Å²) in [6, 6.07) is 0. The summed E-state index contributed by atoms with van der Waals surface area (Å²) in [5.41, 5.74) is 0. The topological polar surface area (TPSA) is 18.5 Å². The molecule has 0 aliphatic heterocycles. The van der Waals surface area contributed by atoms with Crippen molar-refractivity contribution in [1.82, 2.24) is 0 Å². The van der Waals surface area contributed by atoms with E-state index in [0.29, 0.717) is 10.9 Å². The van der Waals surface area contributed by atoms with E-state index in [9.17, 15) is 0 Å². The lowest BCUT2D eigenvalue weighted by Gasteiger charge is -2.18. The molecule has 0 N–H and O–H groups in total. The molecule has 0 bridgehead atoms. The van der Waals surface area contributed by atoms with Crippen LogP contribution in [0.25, 0.3) is 0 Å². The van der Waals surface area contributed by atoms with Gasteiger partial charge in [-0.3, -0.25) is 0 Å². The Kier molecular flexibility index (Phi) is 14.8. The zero-order valence-electron chi connectivity index (χ0n) is 14.5. The molecule has 122 valence electrons. The van der Waals surface area contributed by atoms with Crippen molar-refractivity contribution in [2.24, 2.45) is 0 Å². The fourth-order valence-corrected chi connectivity index (χ4v) is 6.54. The second-order valence-electron chi connectivity index (χ2n) is 5.90. The van der Waals surface area contributed by atoms with Crippen molar-refractivity contribution >= 4 is 20.4 Å². The van der Waals surface area contributed by atoms with Gasteiger partial charge in [-0.1, -0.05) is 51.9 Å².